The molecule has 0 aromatic carbocycles. The van der Waals surface area contributed by atoms with Crippen molar-refractivity contribution in [2.45, 2.75) is 31.9 Å². The smallest absolute Gasteiger partial charge is 0.0674 e. The van der Waals surface area contributed by atoms with Gasteiger partial charge >= 0.3 is 0 Å². The monoisotopic (exact) mass is 141 g/mol. The Bertz CT molecular complexity index is 126. The van der Waals surface area contributed by atoms with Crippen LogP contribution in [0.2, 0.25) is 0 Å². The Morgan fingerprint density at radius 1 is 1.50 bits per heavy atom. The minimum Gasteiger partial charge on any atom is -0.376 e. The topological polar surface area (TPSA) is 12.5 Å². The van der Waals surface area contributed by atoms with Gasteiger partial charge in [-0.25, -0.2) is 0 Å². The van der Waals surface area contributed by atoms with Gasteiger partial charge in [0.1, 0.15) is 0 Å². The molecule has 2 saturated heterocycles. The normalized spacial score (nSPS) is 41.7. The lowest BCUT2D eigenvalue weighted by molar-refractivity contribution is -0.0389. The fraction of sp³-hybridized carbons (Fsp3) is 1.00. The molecule has 0 unspecified atom stereocenters. The Hall–Kier alpha value is -0.0800. The zero-order valence-electron chi connectivity index (χ0n) is 6.55. The van der Waals surface area contributed by atoms with Gasteiger partial charge in [-0.3, -0.25) is 4.90 Å². The van der Waals surface area contributed by atoms with E-state index in [0.717, 1.165) is 19.2 Å². The number of rotatable bonds is 0. The van der Waals surface area contributed by atoms with Crippen LogP contribution in [0.3, 0.4) is 0 Å². The molecule has 0 amide bonds. The van der Waals surface area contributed by atoms with Crippen LogP contribution in [0.15, 0.2) is 0 Å². The van der Waals surface area contributed by atoms with Crippen LogP contribution >= 0.6 is 0 Å². The van der Waals surface area contributed by atoms with E-state index in [4.69, 9.17) is 4.74 Å². The summed E-state index contributed by atoms with van der Waals surface area (Å²) < 4.78 is 5.55. The van der Waals surface area contributed by atoms with Crippen LogP contribution in [0.1, 0.15) is 19.8 Å². The standard InChI is InChI=1S/C8H15NO/c1-7-5-9-4-2-3-8(9)6-10-7/h7-8H,2-6H2,1H3/t7-,8+/m1/s1. The van der Waals surface area contributed by atoms with E-state index in [1.807, 2.05) is 0 Å². The third-order valence-electron chi connectivity index (χ3n) is 2.56. The number of hydrogen-bond acceptors (Lipinski definition) is 2. The van der Waals surface area contributed by atoms with Crippen LogP contribution < -0.4 is 0 Å². The second kappa shape index (κ2) is 2.51. The SMILES string of the molecule is C[C@@H]1CN2CCC[C@H]2CO1. The zero-order chi connectivity index (χ0) is 6.97. The molecule has 2 rings (SSSR count). The summed E-state index contributed by atoms with van der Waals surface area (Å²) in [6.07, 6.45) is 3.20. The Morgan fingerprint density at radius 2 is 2.40 bits per heavy atom. The molecule has 0 radical (unpaired) electrons. The number of nitrogens with zero attached hydrogens (tertiary/aromatic N) is 1. The van der Waals surface area contributed by atoms with Crippen LogP contribution in [0.5, 0.6) is 0 Å². The van der Waals surface area contributed by atoms with Gasteiger partial charge in [0.25, 0.3) is 0 Å². The first kappa shape index (κ1) is 6.62. The molecule has 2 heteroatoms. The number of hydrogen-bond donors (Lipinski definition) is 0. The van der Waals surface area contributed by atoms with Crippen LogP contribution in [-0.2, 0) is 4.74 Å². The average Bonchev–Trinajstić information content (AvgIpc) is 2.33. The van der Waals surface area contributed by atoms with E-state index < -0.39 is 0 Å². The molecule has 2 atom stereocenters. The Morgan fingerprint density at radius 3 is 3.30 bits per heavy atom. The summed E-state index contributed by atoms with van der Waals surface area (Å²) in [4.78, 5) is 2.56. The van der Waals surface area contributed by atoms with Crippen LogP contribution in [0, 0.1) is 0 Å². The summed E-state index contributed by atoms with van der Waals surface area (Å²) in [5.74, 6) is 0. The number of morpholine rings is 1. The highest BCUT2D eigenvalue weighted by Crippen LogP contribution is 2.21. The van der Waals surface area contributed by atoms with E-state index in [2.05, 4.69) is 11.8 Å². The molecule has 10 heavy (non-hydrogen) atoms. The van der Waals surface area contributed by atoms with E-state index >= 15 is 0 Å². The highest BCUT2D eigenvalue weighted by molar-refractivity contribution is 4.83. The van der Waals surface area contributed by atoms with E-state index in [-0.39, 0.29) is 0 Å². The van der Waals surface area contributed by atoms with Crippen molar-refractivity contribution in [1.29, 1.82) is 0 Å². The lowest BCUT2D eigenvalue weighted by Gasteiger charge is -2.33. The van der Waals surface area contributed by atoms with Crippen molar-refractivity contribution in [2.24, 2.45) is 0 Å². The number of fused-ring (bicyclic) bond motifs is 1. The average molecular weight is 141 g/mol. The van der Waals surface area contributed by atoms with Gasteiger partial charge in [-0.15, -0.1) is 0 Å². The molecule has 0 aliphatic carbocycles. The quantitative estimate of drug-likeness (QED) is 0.496. The lowest BCUT2D eigenvalue weighted by Crippen LogP contribution is -2.44. The van der Waals surface area contributed by atoms with Crippen molar-refractivity contribution >= 4 is 0 Å². The van der Waals surface area contributed by atoms with Gasteiger partial charge in [0.05, 0.1) is 12.7 Å². The van der Waals surface area contributed by atoms with Gasteiger partial charge in [0, 0.05) is 12.6 Å². The molecule has 0 N–H and O–H groups in total. The fourth-order valence-corrected chi connectivity index (χ4v) is 1.98. The largest absolute Gasteiger partial charge is 0.376 e. The van der Waals surface area contributed by atoms with Crippen LogP contribution in [-0.4, -0.2) is 36.7 Å². The van der Waals surface area contributed by atoms with Crippen molar-refractivity contribution < 1.29 is 4.74 Å². The molecule has 0 aromatic rings. The summed E-state index contributed by atoms with van der Waals surface area (Å²) >= 11 is 0. The molecule has 2 aliphatic rings. The minimum absolute atomic E-state index is 0.467. The summed E-state index contributed by atoms with van der Waals surface area (Å²) in [7, 11) is 0. The highest BCUT2D eigenvalue weighted by atomic mass is 16.5. The Kier molecular flexibility index (Phi) is 1.66. The zero-order valence-corrected chi connectivity index (χ0v) is 6.55. The summed E-state index contributed by atoms with van der Waals surface area (Å²) in [5.41, 5.74) is 0. The second-order valence-electron chi connectivity index (χ2n) is 3.43. The molecule has 0 saturated carbocycles. The lowest BCUT2D eigenvalue weighted by atomic mass is 10.2. The fourth-order valence-electron chi connectivity index (χ4n) is 1.98. The minimum atomic E-state index is 0.467. The summed E-state index contributed by atoms with van der Waals surface area (Å²) in [5, 5.41) is 0. The van der Waals surface area contributed by atoms with Gasteiger partial charge in [-0.1, -0.05) is 0 Å². The molecule has 0 bridgehead atoms. The summed E-state index contributed by atoms with van der Waals surface area (Å²) in [6.45, 7) is 5.60. The van der Waals surface area contributed by atoms with Gasteiger partial charge in [0.2, 0.25) is 0 Å². The first-order chi connectivity index (χ1) is 4.86. The van der Waals surface area contributed by atoms with E-state index in [9.17, 15) is 0 Å². The molecule has 2 heterocycles. The maximum atomic E-state index is 5.55. The third kappa shape index (κ3) is 1.06. The van der Waals surface area contributed by atoms with Gasteiger partial charge in [0.15, 0.2) is 0 Å². The third-order valence-corrected chi connectivity index (χ3v) is 2.56. The second-order valence-corrected chi connectivity index (χ2v) is 3.43. The predicted molar refractivity (Wildman–Crippen MR) is 40.0 cm³/mol. The van der Waals surface area contributed by atoms with Gasteiger partial charge < -0.3 is 4.74 Å². The first-order valence-electron chi connectivity index (χ1n) is 4.22. The number of ether oxygens (including phenoxy) is 1. The maximum absolute atomic E-state index is 5.55. The molecule has 2 nitrogen and oxygen atoms in total. The molecular weight excluding hydrogens is 126 g/mol. The van der Waals surface area contributed by atoms with Crippen LogP contribution in [0.4, 0.5) is 0 Å². The molecule has 2 aliphatic heterocycles. The highest BCUT2D eigenvalue weighted by Gasteiger charge is 2.29. The van der Waals surface area contributed by atoms with E-state index in [0.29, 0.717) is 6.10 Å². The van der Waals surface area contributed by atoms with Crippen LogP contribution in [0.25, 0.3) is 0 Å². The Balaban J connectivity index is 1.96. The van der Waals surface area contributed by atoms with E-state index in [1.54, 1.807) is 0 Å². The van der Waals surface area contributed by atoms with Gasteiger partial charge in [-0.05, 0) is 26.3 Å². The molecular formula is C8H15NO. The van der Waals surface area contributed by atoms with Crippen molar-refractivity contribution in [3.63, 3.8) is 0 Å². The predicted octanol–water partition coefficient (Wildman–Crippen LogP) is 0.869. The first-order valence-corrected chi connectivity index (χ1v) is 4.22. The molecule has 2 fully saturated rings. The molecule has 58 valence electrons. The van der Waals surface area contributed by atoms with Crippen molar-refractivity contribution in [3.05, 3.63) is 0 Å². The van der Waals surface area contributed by atoms with Crippen molar-refractivity contribution in [3.8, 4) is 0 Å². The van der Waals surface area contributed by atoms with Crippen molar-refractivity contribution in [2.75, 3.05) is 19.7 Å². The van der Waals surface area contributed by atoms with Gasteiger partial charge in [-0.2, -0.15) is 0 Å². The summed E-state index contributed by atoms with van der Waals surface area (Å²) in [6, 6.07) is 0.760. The molecule has 0 spiro atoms. The Labute approximate surface area is 62.2 Å². The van der Waals surface area contributed by atoms with Crippen molar-refractivity contribution in [1.82, 2.24) is 4.90 Å². The maximum Gasteiger partial charge on any atom is 0.0674 e. The van der Waals surface area contributed by atoms with E-state index in [1.165, 1.54) is 19.4 Å². The molecule has 0 aromatic heterocycles.